The number of anilines is 1. The number of amides is 2. The van der Waals surface area contributed by atoms with E-state index in [1.807, 2.05) is 0 Å². The van der Waals surface area contributed by atoms with Crippen molar-refractivity contribution in [1.29, 1.82) is 0 Å². The normalized spacial score (nSPS) is 11.4. The van der Waals surface area contributed by atoms with Crippen molar-refractivity contribution in [2.24, 2.45) is 5.92 Å². The minimum Gasteiger partial charge on any atom is -0.494 e. The molecule has 228 valence electrons. The number of carboxylic acid groups (broad SMARTS) is 1. The lowest BCUT2D eigenvalue weighted by Gasteiger charge is -2.15. The summed E-state index contributed by atoms with van der Waals surface area (Å²) in [5.41, 5.74) is 1.82. The van der Waals surface area contributed by atoms with Crippen LogP contribution in [0, 0.1) is 5.92 Å². The predicted octanol–water partition coefficient (Wildman–Crippen LogP) is 6.28. The Balaban J connectivity index is 1.50. The number of carbonyl (C=O) groups is 4. The lowest BCUT2D eigenvalue weighted by molar-refractivity contribution is -0.139. The van der Waals surface area contributed by atoms with Gasteiger partial charge in [-0.3, -0.25) is 9.59 Å². The first-order valence-corrected chi connectivity index (χ1v) is 14.6. The highest BCUT2D eigenvalue weighted by Gasteiger charge is 2.21. The van der Waals surface area contributed by atoms with Gasteiger partial charge >= 0.3 is 11.9 Å². The van der Waals surface area contributed by atoms with Crippen LogP contribution in [0.25, 0.3) is 0 Å². The first-order chi connectivity index (χ1) is 20.7. The number of carboxylic acids is 1. The molecule has 0 fully saturated rings. The van der Waals surface area contributed by atoms with E-state index in [1.54, 1.807) is 74.5 Å². The zero-order chi connectivity index (χ0) is 31.2. The molecule has 0 spiro atoms. The van der Waals surface area contributed by atoms with Gasteiger partial charge in [0.05, 0.1) is 12.2 Å². The van der Waals surface area contributed by atoms with E-state index in [4.69, 9.17) is 9.47 Å². The van der Waals surface area contributed by atoms with Gasteiger partial charge in [0.25, 0.3) is 5.91 Å². The Kier molecular flexibility index (Phi) is 12.8. The Morgan fingerprint density at radius 2 is 1.37 bits per heavy atom. The molecule has 0 aliphatic carbocycles. The maximum Gasteiger partial charge on any atom is 0.343 e. The van der Waals surface area contributed by atoms with Crippen molar-refractivity contribution in [2.45, 2.75) is 65.3 Å². The van der Waals surface area contributed by atoms with Crippen molar-refractivity contribution < 1.29 is 33.8 Å². The van der Waals surface area contributed by atoms with E-state index in [0.717, 1.165) is 12.8 Å². The standard InChI is InChI=1S/C34H40N2O7/c1-4-5-6-7-8-21-42-28-19-13-26(14-20-28)34(41)43-29-17-9-24(10-18-29)22-30(33(39)40)36-32(38)25-11-15-27(16-12-25)35-31(37)23(2)3/h9-20,23,30H,4-8,21-22H2,1-3H3,(H,35,37)(H,36,38)(H,39,40). The first kappa shape index (κ1) is 32.8. The molecule has 0 aliphatic rings. The Hall–Kier alpha value is -4.66. The second-order valence-electron chi connectivity index (χ2n) is 10.6. The molecule has 3 rings (SSSR count). The summed E-state index contributed by atoms with van der Waals surface area (Å²) in [5, 5.41) is 15.0. The molecule has 0 saturated heterocycles. The number of hydrogen-bond acceptors (Lipinski definition) is 6. The van der Waals surface area contributed by atoms with Crippen LogP contribution in [0.2, 0.25) is 0 Å². The van der Waals surface area contributed by atoms with Crippen LogP contribution in [0.5, 0.6) is 11.5 Å². The van der Waals surface area contributed by atoms with E-state index in [9.17, 15) is 24.3 Å². The Morgan fingerprint density at radius 3 is 1.98 bits per heavy atom. The highest BCUT2D eigenvalue weighted by Crippen LogP contribution is 2.18. The molecule has 9 nitrogen and oxygen atoms in total. The molecule has 0 saturated carbocycles. The third-order valence-corrected chi connectivity index (χ3v) is 6.72. The number of carbonyl (C=O) groups excluding carboxylic acids is 3. The third kappa shape index (κ3) is 10.9. The average molecular weight is 589 g/mol. The Morgan fingerprint density at radius 1 is 0.767 bits per heavy atom. The second kappa shape index (κ2) is 16.7. The maximum absolute atomic E-state index is 12.7. The molecular weight excluding hydrogens is 548 g/mol. The summed E-state index contributed by atoms with van der Waals surface area (Å²) in [7, 11) is 0. The number of ether oxygens (including phenoxy) is 2. The molecule has 3 N–H and O–H groups in total. The van der Waals surface area contributed by atoms with Crippen LogP contribution in [0.4, 0.5) is 5.69 Å². The van der Waals surface area contributed by atoms with E-state index in [1.165, 1.54) is 31.4 Å². The third-order valence-electron chi connectivity index (χ3n) is 6.72. The zero-order valence-electron chi connectivity index (χ0n) is 24.9. The molecule has 2 amide bonds. The fourth-order valence-electron chi connectivity index (χ4n) is 4.11. The fraction of sp³-hybridized carbons (Fsp3) is 0.353. The summed E-state index contributed by atoms with van der Waals surface area (Å²) in [5.74, 6) is -1.59. The van der Waals surface area contributed by atoms with Crippen molar-refractivity contribution in [2.75, 3.05) is 11.9 Å². The highest BCUT2D eigenvalue weighted by molar-refractivity contribution is 5.98. The van der Waals surface area contributed by atoms with Gasteiger partial charge in [-0.05, 0) is 72.6 Å². The summed E-state index contributed by atoms with van der Waals surface area (Å²) < 4.78 is 11.2. The number of rotatable bonds is 16. The van der Waals surface area contributed by atoms with Crippen LogP contribution in [0.15, 0.2) is 72.8 Å². The molecule has 9 heteroatoms. The largest absolute Gasteiger partial charge is 0.494 e. The van der Waals surface area contributed by atoms with E-state index in [2.05, 4.69) is 17.6 Å². The van der Waals surface area contributed by atoms with E-state index >= 15 is 0 Å². The minimum absolute atomic E-state index is 0.0257. The number of esters is 1. The zero-order valence-corrected chi connectivity index (χ0v) is 24.9. The number of hydrogen-bond donors (Lipinski definition) is 3. The maximum atomic E-state index is 12.7. The summed E-state index contributed by atoms with van der Waals surface area (Å²) in [4.78, 5) is 49.0. The monoisotopic (exact) mass is 588 g/mol. The first-order valence-electron chi connectivity index (χ1n) is 14.6. The molecule has 1 unspecified atom stereocenters. The van der Waals surface area contributed by atoms with Crippen LogP contribution in [0.1, 0.15) is 79.2 Å². The van der Waals surface area contributed by atoms with E-state index < -0.39 is 23.9 Å². The molecule has 3 aromatic rings. The van der Waals surface area contributed by atoms with Gasteiger partial charge in [0.15, 0.2) is 0 Å². The SMILES string of the molecule is CCCCCCCOc1ccc(C(=O)Oc2ccc(CC(NC(=O)c3ccc(NC(=O)C(C)C)cc3)C(=O)O)cc2)cc1. The van der Waals surface area contributed by atoms with Crippen molar-refractivity contribution in [3.63, 3.8) is 0 Å². The Bertz CT molecular complexity index is 1350. The lowest BCUT2D eigenvalue weighted by atomic mass is 10.0. The summed E-state index contributed by atoms with van der Waals surface area (Å²) in [6.45, 7) is 6.37. The van der Waals surface area contributed by atoms with Gasteiger partial charge < -0.3 is 25.2 Å². The lowest BCUT2D eigenvalue weighted by Crippen LogP contribution is -2.42. The second-order valence-corrected chi connectivity index (χ2v) is 10.6. The number of benzene rings is 3. The molecule has 43 heavy (non-hydrogen) atoms. The number of nitrogens with one attached hydrogen (secondary N) is 2. The molecular formula is C34H40N2O7. The van der Waals surface area contributed by atoms with Crippen LogP contribution in [-0.4, -0.2) is 41.5 Å². The van der Waals surface area contributed by atoms with Crippen molar-refractivity contribution in [3.8, 4) is 11.5 Å². The Labute approximate surface area is 252 Å². The fourth-order valence-corrected chi connectivity index (χ4v) is 4.11. The molecule has 0 heterocycles. The molecule has 0 aromatic heterocycles. The smallest absolute Gasteiger partial charge is 0.343 e. The molecule has 0 radical (unpaired) electrons. The van der Waals surface area contributed by atoms with E-state index in [-0.39, 0.29) is 23.8 Å². The van der Waals surface area contributed by atoms with Crippen molar-refractivity contribution in [3.05, 3.63) is 89.5 Å². The van der Waals surface area contributed by atoms with Gasteiger partial charge in [-0.2, -0.15) is 0 Å². The summed E-state index contributed by atoms with van der Waals surface area (Å²) in [6, 6.07) is 18.3. The predicted molar refractivity (Wildman–Crippen MR) is 165 cm³/mol. The summed E-state index contributed by atoms with van der Waals surface area (Å²) in [6.07, 6.45) is 5.80. The topological polar surface area (TPSA) is 131 Å². The van der Waals surface area contributed by atoms with Crippen molar-refractivity contribution >= 4 is 29.4 Å². The van der Waals surface area contributed by atoms with Gasteiger partial charge in [-0.1, -0.05) is 58.6 Å². The van der Waals surface area contributed by atoms with Gasteiger partial charge in [-0.25, -0.2) is 9.59 Å². The number of unbranched alkanes of at least 4 members (excludes halogenated alkanes) is 4. The molecule has 3 aromatic carbocycles. The molecule has 1 atom stereocenters. The quantitative estimate of drug-likeness (QED) is 0.102. The minimum atomic E-state index is -1.19. The van der Waals surface area contributed by atoms with Crippen LogP contribution < -0.4 is 20.1 Å². The van der Waals surface area contributed by atoms with Gasteiger partial charge in [0, 0.05) is 23.6 Å². The van der Waals surface area contributed by atoms with Gasteiger partial charge in [0.2, 0.25) is 5.91 Å². The molecule has 0 bridgehead atoms. The molecule has 0 aliphatic heterocycles. The van der Waals surface area contributed by atoms with Gasteiger partial charge in [-0.15, -0.1) is 0 Å². The highest BCUT2D eigenvalue weighted by atomic mass is 16.5. The average Bonchev–Trinajstić information content (AvgIpc) is 3.00. The van der Waals surface area contributed by atoms with E-state index in [0.29, 0.717) is 34.9 Å². The van der Waals surface area contributed by atoms with Crippen LogP contribution >= 0.6 is 0 Å². The van der Waals surface area contributed by atoms with Crippen LogP contribution in [0.3, 0.4) is 0 Å². The van der Waals surface area contributed by atoms with Crippen molar-refractivity contribution in [1.82, 2.24) is 5.32 Å². The number of aliphatic carboxylic acids is 1. The van der Waals surface area contributed by atoms with Crippen LogP contribution in [-0.2, 0) is 16.0 Å². The van der Waals surface area contributed by atoms with Gasteiger partial charge in [0.1, 0.15) is 17.5 Å². The summed E-state index contributed by atoms with van der Waals surface area (Å²) >= 11 is 0.